The Morgan fingerprint density at radius 2 is 2.04 bits per heavy atom. The van der Waals surface area contributed by atoms with E-state index in [0.717, 1.165) is 33.6 Å². The lowest BCUT2D eigenvalue weighted by molar-refractivity contribution is -0.120. The molecular weight excluding hydrogens is 382 g/mol. The van der Waals surface area contributed by atoms with E-state index in [9.17, 15) is 23.4 Å². The highest BCUT2D eigenvalue weighted by Crippen LogP contribution is 2.34. The van der Waals surface area contributed by atoms with Crippen LogP contribution in [0.15, 0.2) is 65.7 Å². The number of phenolic OH excluding ortho intramolecular Hbond substituents is 1. The molecule has 0 fully saturated rings. The quantitative estimate of drug-likeness (QED) is 0.614. The van der Waals surface area contributed by atoms with Crippen LogP contribution in [0.3, 0.4) is 0 Å². The van der Waals surface area contributed by atoms with Gasteiger partial charge in [-0.15, -0.1) is 0 Å². The van der Waals surface area contributed by atoms with Gasteiger partial charge in [-0.05, 0) is 41.7 Å². The number of hydrogen-bond donors (Lipinski definition) is 4. The Morgan fingerprint density at radius 1 is 1.21 bits per heavy atom. The highest BCUT2D eigenvalue weighted by molar-refractivity contribution is 7.91. The molecule has 9 heteroatoms. The molecule has 3 aliphatic rings. The van der Waals surface area contributed by atoms with Gasteiger partial charge in [0.25, 0.3) is 0 Å². The van der Waals surface area contributed by atoms with Gasteiger partial charge in [-0.3, -0.25) is 4.79 Å². The number of nitrogens with zero attached hydrogens (tertiary/aromatic N) is 1. The van der Waals surface area contributed by atoms with Crippen LogP contribution in [0.1, 0.15) is 18.4 Å². The number of carbonyl (C=O) groups is 1. The number of nitrogens with one attached hydrogen (secondary N) is 2. The second-order valence-corrected chi connectivity index (χ2v) is 8.30. The van der Waals surface area contributed by atoms with Crippen LogP contribution in [0.25, 0.3) is 0 Å². The van der Waals surface area contributed by atoms with E-state index < -0.39 is 16.1 Å². The third-order valence-corrected chi connectivity index (χ3v) is 6.10. The maximum atomic E-state index is 12.1. The average molecular weight is 401 g/mol. The molecule has 28 heavy (non-hydrogen) atoms. The maximum absolute atomic E-state index is 12.1. The number of amides is 1. The molecule has 2 aliphatic heterocycles. The van der Waals surface area contributed by atoms with Crippen molar-refractivity contribution in [3.8, 4) is 5.75 Å². The fourth-order valence-electron chi connectivity index (χ4n) is 3.55. The molecule has 1 unspecified atom stereocenters. The normalized spacial score (nSPS) is 23.0. The highest BCUT2D eigenvalue weighted by atomic mass is 32.2. The lowest BCUT2D eigenvalue weighted by Gasteiger charge is -2.23. The minimum atomic E-state index is -3.98. The van der Waals surface area contributed by atoms with Crippen LogP contribution in [-0.2, 0) is 21.4 Å². The number of rotatable bonds is 3. The number of fused-ring (bicyclic) bond motifs is 1. The van der Waals surface area contributed by atoms with Gasteiger partial charge >= 0.3 is 10.2 Å². The summed E-state index contributed by atoms with van der Waals surface area (Å²) in [5.74, 6) is -0.841. The Hall–Kier alpha value is -3.20. The molecule has 0 radical (unpaired) electrons. The summed E-state index contributed by atoms with van der Waals surface area (Å²) in [4.78, 5) is 12.1. The zero-order valence-corrected chi connectivity index (χ0v) is 15.6. The number of aromatic hydroxyl groups is 1. The first kappa shape index (κ1) is 18.2. The number of benzene rings is 1. The largest absolute Gasteiger partial charge is 0.506 e. The minimum absolute atomic E-state index is 0.0191. The van der Waals surface area contributed by atoms with Gasteiger partial charge in [0, 0.05) is 6.42 Å². The van der Waals surface area contributed by atoms with Crippen LogP contribution in [-0.4, -0.2) is 30.6 Å². The molecule has 4 N–H and O–H groups in total. The summed E-state index contributed by atoms with van der Waals surface area (Å²) in [5.41, 5.74) is 2.91. The van der Waals surface area contributed by atoms with Gasteiger partial charge in [0.15, 0.2) is 0 Å². The first-order valence-electron chi connectivity index (χ1n) is 8.74. The molecule has 0 saturated heterocycles. The van der Waals surface area contributed by atoms with Crippen molar-refractivity contribution in [2.75, 3.05) is 4.31 Å². The van der Waals surface area contributed by atoms with E-state index in [-0.39, 0.29) is 23.4 Å². The Balaban J connectivity index is 1.61. The van der Waals surface area contributed by atoms with Crippen LogP contribution < -0.4 is 14.3 Å². The summed E-state index contributed by atoms with van der Waals surface area (Å²) >= 11 is 0. The van der Waals surface area contributed by atoms with Crippen LogP contribution in [0, 0.1) is 0 Å². The van der Waals surface area contributed by atoms with E-state index in [1.54, 1.807) is 6.07 Å². The van der Waals surface area contributed by atoms with E-state index >= 15 is 0 Å². The van der Waals surface area contributed by atoms with E-state index in [1.807, 2.05) is 29.0 Å². The zero-order chi connectivity index (χ0) is 19.9. The fourth-order valence-corrected chi connectivity index (χ4v) is 4.61. The Morgan fingerprint density at radius 3 is 2.75 bits per heavy atom. The van der Waals surface area contributed by atoms with E-state index in [2.05, 4.69) is 5.32 Å². The molecule has 8 nitrogen and oxygen atoms in total. The number of allylic oxidation sites excluding steroid dienone is 3. The number of carbonyl (C=O) groups excluding carboxylic acids is 1. The summed E-state index contributed by atoms with van der Waals surface area (Å²) < 4.78 is 26.7. The highest BCUT2D eigenvalue weighted by Gasteiger charge is 2.31. The molecule has 0 saturated carbocycles. The molecular formula is C19H19N3O5S. The number of anilines is 1. The molecule has 146 valence electrons. The number of aliphatic hydroxyl groups excluding tert-OH is 1. The van der Waals surface area contributed by atoms with Crippen LogP contribution in [0.2, 0.25) is 0 Å². The third-order valence-electron chi connectivity index (χ3n) is 4.81. The van der Waals surface area contributed by atoms with Gasteiger partial charge in [-0.1, -0.05) is 30.4 Å². The van der Waals surface area contributed by atoms with Crippen molar-refractivity contribution in [3.63, 3.8) is 0 Å². The van der Waals surface area contributed by atoms with E-state index in [4.69, 9.17) is 0 Å². The predicted molar refractivity (Wildman–Crippen MR) is 104 cm³/mol. The number of phenols is 1. The van der Waals surface area contributed by atoms with E-state index in [0.29, 0.717) is 12.8 Å². The SMILES string of the molecule is O=C1CC=C2CC=CC=C2C(Cc2ccc(N3C=C(O)NS3(=O)=O)c(O)c2)N1. The average Bonchev–Trinajstić information content (AvgIpc) is 2.81. The Bertz CT molecular complexity index is 1070. The van der Waals surface area contributed by atoms with Crippen molar-refractivity contribution < 1.29 is 23.4 Å². The summed E-state index contributed by atoms with van der Waals surface area (Å²) in [7, 11) is -3.98. The minimum Gasteiger partial charge on any atom is -0.506 e. The number of aliphatic hydroxyl groups is 1. The molecule has 0 spiro atoms. The fraction of sp³-hybridized carbons (Fsp3) is 0.211. The molecule has 2 heterocycles. The molecule has 0 bridgehead atoms. The predicted octanol–water partition coefficient (Wildman–Crippen LogP) is 1.65. The third kappa shape index (κ3) is 3.36. The Labute approximate surface area is 162 Å². The molecule has 4 rings (SSSR count). The van der Waals surface area contributed by atoms with Crippen molar-refractivity contribution >= 4 is 21.8 Å². The van der Waals surface area contributed by atoms with Crippen molar-refractivity contribution in [1.29, 1.82) is 0 Å². The van der Waals surface area contributed by atoms with Gasteiger partial charge in [-0.25, -0.2) is 9.03 Å². The summed E-state index contributed by atoms with van der Waals surface area (Å²) in [6.45, 7) is 0. The van der Waals surface area contributed by atoms with Crippen molar-refractivity contribution in [2.24, 2.45) is 0 Å². The summed E-state index contributed by atoms with van der Waals surface area (Å²) in [6, 6.07) is 4.38. The zero-order valence-electron chi connectivity index (χ0n) is 14.8. The second kappa shape index (κ2) is 6.75. The van der Waals surface area contributed by atoms with Crippen LogP contribution >= 0.6 is 0 Å². The van der Waals surface area contributed by atoms with Crippen molar-refractivity contribution in [1.82, 2.24) is 10.0 Å². The van der Waals surface area contributed by atoms with Crippen molar-refractivity contribution in [3.05, 3.63) is 71.3 Å². The molecule has 1 aromatic rings. The van der Waals surface area contributed by atoms with E-state index in [1.165, 1.54) is 12.1 Å². The molecule has 1 aromatic carbocycles. The lowest BCUT2D eigenvalue weighted by atomic mass is 9.89. The van der Waals surface area contributed by atoms with Gasteiger partial charge in [-0.2, -0.15) is 8.42 Å². The molecule has 1 amide bonds. The maximum Gasteiger partial charge on any atom is 0.330 e. The topological polar surface area (TPSA) is 119 Å². The van der Waals surface area contributed by atoms with Gasteiger partial charge < -0.3 is 15.5 Å². The number of hydrogen-bond acceptors (Lipinski definition) is 5. The van der Waals surface area contributed by atoms with Crippen LogP contribution in [0.4, 0.5) is 5.69 Å². The first-order valence-corrected chi connectivity index (χ1v) is 10.2. The van der Waals surface area contributed by atoms with Gasteiger partial charge in [0.1, 0.15) is 11.4 Å². The van der Waals surface area contributed by atoms with Crippen LogP contribution in [0.5, 0.6) is 5.75 Å². The Kier molecular flexibility index (Phi) is 4.38. The van der Waals surface area contributed by atoms with Crippen molar-refractivity contribution in [2.45, 2.75) is 25.3 Å². The molecule has 1 atom stereocenters. The molecule has 1 aliphatic carbocycles. The monoisotopic (exact) mass is 401 g/mol. The molecule has 0 aromatic heterocycles. The lowest BCUT2D eigenvalue weighted by Crippen LogP contribution is -2.36. The van der Waals surface area contributed by atoms with Gasteiger partial charge in [0.2, 0.25) is 11.8 Å². The summed E-state index contributed by atoms with van der Waals surface area (Å²) in [6.07, 6.45) is 10.5. The standard InChI is InChI=1S/C19H19N3O5S/c23-17-10-12(5-7-16(17)22-11-19(25)21-28(22,26)27)9-15-14-4-2-1-3-13(14)6-8-18(24)20-15/h1-2,4-7,10-11,15,21,23,25H,3,8-9H2,(H,20,24). The first-order chi connectivity index (χ1) is 13.3. The van der Waals surface area contributed by atoms with Gasteiger partial charge in [0.05, 0.1) is 12.2 Å². The summed E-state index contributed by atoms with van der Waals surface area (Å²) in [5, 5.41) is 22.8. The smallest absolute Gasteiger partial charge is 0.330 e. The second-order valence-electron chi connectivity index (χ2n) is 6.75.